The van der Waals surface area contributed by atoms with Gasteiger partial charge in [0.05, 0.1) is 0 Å². The van der Waals surface area contributed by atoms with E-state index < -0.39 is 6.10 Å². The number of para-hydroxylation sites is 2. The van der Waals surface area contributed by atoms with Crippen LogP contribution in [0.15, 0.2) is 54.7 Å². The molecule has 0 spiro atoms. The maximum absolute atomic E-state index is 10.2. The summed E-state index contributed by atoms with van der Waals surface area (Å²) >= 11 is 0. The average Bonchev–Trinajstić information content (AvgIpc) is 3.02. The number of aliphatic hydroxyl groups excluding tert-OH is 1. The molecule has 0 bridgehead atoms. The van der Waals surface area contributed by atoms with Gasteiger partial charge >= 0.3 is 0 Å². The molecular formula is C21H26N2O2. The number of aromatic amines is 1. The number of fused-ring (bicyclic) bond motifs is 1. The third-order valence-corrected chi connectivity index (χ3v) is 4.43. The molecular weight excluding hydrogens is 312 g/mol. The van der Waals surface area contributed by atoms with E-state index in [0.717, 1.165) is 23.3 Å². The Morgan fingerprint density at radius 2 is 1.88 bits per heavy atom. The van der Waals surface area contributed by atoms with Crippen molar-refractivity contribution in [1.82, 2.24) is 10.3 Å². The van der Waals surface area contributed by atoms with Gasteiger partial charge in [0, 0.05) is 29.7 Å². The molecule has 25 heavy (non-hydrogen) atoms. The Balaban J connectivity index is 1.45. The van der Waals surface area contributed by atoms with E-state index in [1.807, 2.05) is 37.3 Å². The van der Waals surface area contributed by atoms with Crippen LogP contribution in [0, 0.1) is 6.92 Å². The van der Waals surface area contributed by atoms with Gasteiger partial charge in [-0.25, -0.2) is 0 Å². The molecule has 4 nitrogen and oxygen atoms in total. The fourth-order valence-electron chi connectivity index (χ4n) is 3.00. The van der Waals surface area contributed by atoms with Crippen molar-refractivity contribution in [1.29, 1.82) is 0 Å². The van der Waals surface area contributed by atoms with Crippen LogP contribution >= 0.6 is 0 Å². The number of hydrogen-bond donors (Lipinski definition) is 3. The molecule has 3 N–H and O–H groups in total. The first-order valence-corrected chi connectivity index (χ1v) is 8.78. The maximum atomic E-state index is 10.2. The maximum Gasteiger partial charge on any atom is 0.122 e. The van der Waals surface area contributed by atoms with Crippen molar-refractivity contribution in [3.8, 4) is 5.75 Å². The fraction of sp³-hybridized carbons (Fsp3) is 0.333. The van der Waals surface area contributed by atoms with Gasteiger partial charge in [-0.15, -0.1) is 0 Å². The number of nitrogens with one attached hydrogen (secondary N) is 2. The van der Waals surface area contributed by atoms with Crippen molar-refractivity contribution in [3.05, 3.63) is 65.9 Å². The number of hydrogen-bond acceptors (Lipinski definition) is 3. The standard InChI is InChI=1S/C21H26N2O2/c1-15-7-3-6-10-21(15)25-14-18(24)13-22-16(2)11-17-12-23-20-9-5-4-8-19(17)20/h3-10,12,16,18,22-24H,11,13-14H2,1-2H3/t16-,18+/m1/s1. The van der Waals surface area contributed by atoms with Crippen LogP contribution in [-0.4, -0.2) is 35.4 Å². The number of aromatic nitrogens is 1. The third kappa shape index (κ3) is 4.62. The van der Waals surface area contributed by atoms with E-state index in [1.54, 1.807) is 0 Å². The SMILES string of the molecule is Cc1ccccc1OC[C@@H](O)CN[C@H](C)Cc1c[nH]c2ccccc12. The summed E-state index contributed by atoms with van der Waals surface area (Å²) in [6.07, 6.45) is 2.45. The lowest BCUT2D eigenvalue weighted by molar-refractivity contribution is 0.104. The van der Waals surface area contributed by atoms with Gasteiger partial charge in [0.25, 0.3) is 0 Å². The first kappa shape index (κ1) is 17.5. The topological polar surface area (TPSA) is 57.3 Å². The van der Waals surface area contributed by atoms with E-state index in [4.69, 9.17) is 4.74 Å². The average molecular weight is 338 g/mol. The number of aryl methyl sites for hydroxylation is 1. The van der Waals surface area contributed by atoms with Gasteiger partial charge in [-0.3, -0.25) is 0 Å². The third-order valence-electron chi connectivity index (χ3n) is 4.43. The zero-order chi connectivity index (χ0) is 17.6. The molecule has 4 heteroatoms. The Morgan fingerprint density at radius 1 is 1.12 bits per heavy atom. The molecule has 0 radical (unpaired) electrons. The molecule has 0 amide bonds. The molecule has 1 aromatic heterocycles. The molecule has 0 saturated carbocycles. The van der Waals surface area contributed by atoms with Crippen molar-refractivity contribution in [2.45, 2.75) is 32.4 Å². The second-order valence-electron chi connectivity index (χ2n) is 6.60. The van der Waals surface area contributed by atoms with Gasteiger partial charge < -0.3 is 20.1 Å². The van der Waals surface area contributed by atoms with Gasteiger partial charge in [0.1, 0.15) is 18.5 Å². The van der Waals surface area contributed by atoms with Crippen LogP contribution in [0.4, 0.5) is 0 Å². The van der Waals surface area contributed by atoms with Crippen LogP contribution in [0.5, 0.6) is 5.75 Å². The van der Waals surface area contributed by atoms with E-state index in [-0.39, 0.29) is 12.6 Å². The minimum atomic E-state index is -0.537. The van der Waals surface area contributed by atoms with E-state index in [2.05, 4.69) is 41.6 Å². The Morgan fingerprint density at radius 3 is 2.72 bits per heavy atom. The first-order chi connectivity index (χ1) is 12.1. The number of H-pyrrole nitrogens is 1. The van der Waals surface area contributed by atoms with Crippen molar-refractivity contribution in [2.24, 2.45) is 0 Å². The fourth-order valence-corrected chi connectivity index (χ4v) is 3.00. The summed E-state index contributed by atoms with van der Waals surface area (Å²) in [5.41, 5.74) is 3.54. The first-order valence-electron chi connectivity index (χ1n) is 8.78. The zero-order valence-corrected chi connectivity index (χ0v) is 14.8. The van der Waals surface area contributed by atoms with Crippen molar-refractivity contribution in [3.63, 3.8) is 0 Å². The van der Waals surface area contributed by atoms with Gasteiger partial charge in [-0.1, -0.05) is 36.4 Å². The molecule has 0 aliphatic carbocycles. The molecule has 0 saturated heterocycles. The lowest BCUT2D eigenvalue weighted by Gasteiger charge is -2.18. The molecule has 3 rings (SSSR count). The second kappa shape index (κ2) is 8.19. The minimum Gasteiger partial charge on any atom is -0.491 e. The lowest BCUT2D eigenvalue weighted by atomic mass is 10.1. The van der Waals surface area contributed by atoms with Crippen molar-refractivity contribution >= 4 is 10.9 Å². The molecule has 0 aliphatic rings. The summed E-state index contributed by atoms with van der Waals surface area (Å²) < 4.78 is 5.70. The number of ether oxygens (including phenoxy) is 1. The minimum absolute atomic E-state index is 0.271. The number of benzene rings is 2. The van der Waals surface area contributed by atoms with Gasteiger partial charge in [-0.2, -0.15) is 0 Å². The summed E-state index contributed by atoms with van der Waals surface area (Å²) in [7, 11) is 0. The van der Waals surface area contributed by atoms with E-state index >= 15 is 0 Å². The highest BCUT2D eigenvalue weighted by atomic mass is 16.5. The molecule has 132 valence electrons. The van der Waals surface area contributed by atoms with Crippen LogP contribution in [0.2, 0.25) is 0 Å². The lowest BCUT2D eigenvalue weighted by Crippen LogP contribution is -2.37. The molecule has 1 heterocycles. The van der Waals surface area contributed by atoms with Gasteiger partial charge in [0.15, 0.2) is 0 Å². The number of rotatable bonds is 8. The van der Waals surface area contributed by atoms with Gasteiger partial charge in [0.2, 0.25) is 0 Å². The zero-order valence-electron chi connectivity index (χ0n) is 14.8. The molecule has 0 aliphatic heterocycles. The van der Waals surface area contributed by atoms with E-state index in [1.165, 1.54) is 10.9 Å². The summed E-state index contributed by atoms with van der Waals surface area (Å²) in [6.45, 7) is 4.94. The summed E-state index contributed by atoms with van der Waals surface area (Å²) in [5, 5.41) is 14.8. The second-order valence-corrected chi connectivity index (χ2v) is 6.60. The van der Waals surface area contributed by atoms with E-state index in [0.29, 0.717) is 6.54 Å². The highest BCUT2D eigenvalue weighted by molar-refractivity contribution is 5.83. The smallest absolute Gasteiger partial charge is 0.122 e. The largest absolute Gasteiger partial charge is 0.491 e. The van der Waals surface area contributed by atoms with E-state index in [9.17, 15) is 5.11 Å². The van der Waals surface area contributed by atoms with Crippen LogP contribution < -0.4 is 10.1 Å². The monoisotopic (exact) mass is 338 g/mol. The summed E-state index contributed by atoms with van der Waals surface area (Å²) in [4.78, 5) is 3.30. The number of aliphatic hydroxyl groups is 1. The van der Waals surface area contributed by atoms with Crippen LogP contribution in [0.25, 0.3) is 10.9 Å². The molecule has 0 fully saturated rings. The quantitative estimate of drug-likeness (QED) is 0.590. The molecule has 2 aromatic carbocycles. The molecule has 2 atom stereocenters. The summed E-state index contributed by atoms with van der Waals surface area (Å²) in [5.74, 6) is 0.827. The Hall–Kier alpha value is -2.30. The predicted molar refractivity (Wildman–Crippen MR) is 102 cm³/mol. The normalized spacial score (nSPS) is 13.7. The van der Waals surface area contributed by atoms with Crippen molar-refractivity contribution < 1.29 is 9.84 Å². The van der Waals surface area contributed by atoms with Crippen LogP contribution in [-0.2, 0) is 6.42 Å². The van der Waals surface area contributed by atoms with Crippen LogP contribution in [0.3, 0.4) is 0 Å². The highest BCUT2D eigenvalue weighted by Gasteiger charge is 2.11. The Kier molecular flexibility index (Phi) is 5.74. The van der Waals surface area contributed by atoms with Crippen molar-refractivity contribution in [2.75, 3.05) is 13.2 Å². The molecule has 0 unspecified atom stereocenters. The predicted octanol–water partition coefficient (Wildman–Crippen LogP) is 3.44. The van der Waals surface area contributed by atoms with Crippen LogP contribution in [0.1, 0.15) is 18.1 Å². The highest BCUT2D eigenvalue weighted by Crippen LogP contribution is 2.19. The summed E-state index contributed by atoms with van der Waals surface area (Å²) in [6, 6.07) is 16.4. The Bertz CT molecular complexity index is 812. The Labute approximate surface area is 148 Å². The van der Waals surface area contributed by atoms with Gasteiger partial charge in [-0.05, 0) is 43.5 Å². The molecule has 3 aromatic rings.